The van der Waals surface area contributed by atoms with Crippen LogP contribution in [0.25, 0.3) is 0 Å². The molecule has 5 heteroatoms. The number of aromatic nitrogens is 2. The molecule has 1 heterocycles. The molecule has 0 spiro atoms. The van der Waals surface area contributed by atoms with Gasteiger partial charge in [-0.1, -0.05) is 18.7 Å². The van der Waals surface area contributed by atoms with Crippen molar-refractivity contribution in [3.63, 3.8) is 0 Å². The highest BCUT2D eigenvalue weighted by atomic mass is 32.2. The van der Waals surface area contributed by atoms with Gasteiger partial charge in [-0.25, -0.2) is 9.97 Å². The predicted octanol–water partition coefficient (Wildman–Crippen LogP) is 3.00. The molecule has 0 radical (unpaired) electrons. The second-order valence-corrected chi connectivity index (χ2v) is 4.83. The summed E-state index contributed by atoms with van der Waals surface area (Å²) in [6.45, 7) is 2.77. The minimum Gasteiger partial charge on any atom is -0.493 e. The quantitative estimate of drug-likeness (QED) is 0.662. The molecule has 0 aliphatic heterocycles. The number of benzene rings is 1. The van der Waals surface area contributed by atoms with E-state index in [2.05, 4.69) is 16.9 Å². The summed E-state index contributed by atoms with van der Waals surface area (Å²) in [5.74, 6) is 0.799. The Balaban J connectivity index is 2.15. The molecule has 4 nitrogen and oxygen atoms in total. The van der Waals surface area contributed by atoms with Gasteiger partial charge in [-0.05, 0) is 24.6 Å². The summed E-state index contributed by atoms with van der Waals surface area (Å²) in [6, 6.07) is 7.57. The molecule has 18 heavy (non-hydrogen) atoms. The third-order valence-corrected chi connectivity index (χ3v) is 3.07. The zero-order valence-electron chi connectivity index (χ0n) is 10.2. The van der Waals surface area contributed by atoms with Crippen molar-refractivity contribution >= 4 is 17.4 Å². The number of ether oxygens (including phenoxy) is 1. The number of rotatable bonds is 5. The van der Waals surface area contributed by atoms with Crippen LogP contribution in [0.3, 0.4) is 0 Å². The van der Waals surface area contributed by atoms with E-state index in [1.165, 1.54) is 18.1 Å². The van der Waals surface area contributed by atoms with Crippen LogP contribution in [0.15, 0.2) is 46.7 Å². The van der Waals surface area contributed by atoms with Gasteiger partial charge in [-0.2, -0.15) is 0 Å². The fraction of sp³-hybridized carbons (Fsp3) is 0.231. The minimum absolute atomic E-state index is 0.695. The van der Waals surface area contributed by atoms with Gasteiger partial charge in [0, 0.05) is 22.8 Å². The largest absolute Gasteiger partial charge is 0.493 e. The molecule has 2 N–H and O–H groups in total. The van der Waals surface area contributed by atoms with Crippen LogP contribution in [-0.2, 0) is 0 Å². The maximum atomic E-state index is 5.86. The van der Waals surface area contributed by atoms with Gasteiger partial charge in [0.05, 0.1) is 6.61 Å². The smallest absolute Gasteiger partial charge is 0.122 e. The predicted molar refractivity (Wildman–Crippen MR) is 72.8 cm³/mol. The summed E-state index contributed by atoms with van der Waals surface area (Å²) >= 11 is 1.54. The normalized spacial score (nSPS) is 10.3. The highest BCUT2D eigenvalue weighted by Crippen LogP contribution is 2.30. The molecule has 0 amide bonds. The second-order valence-electron chi connectivity index (χ2n) is 3.74. The van der Waals surface area contributed by atoms with Crippen molar-refractivity contribution < 1.29 is 4.74 Å². The van der Waals surface area contributed by atoms with E-state index < -0.39 is 0 Å². The van der Waals surface area contributed by atoms with Crippen molar-refractivity contribution in [2.75, 3.05) is 12.3 Å². The molecular formula is C13H15N3OS. The average molecular weight is 261 g/mol. The molecule has 0 atom stereocenters. The fourth-order valence-electron chi connectivity index (χ4n) is 1.42. The van der Waals surface area contributed by atoms with E-state index in [9.17, 15) is 0 Å². The molecule has 1 aromatic carbocycles. The SMILES string of the molecule is CCCOc1cc(N)cc(Sc2ccncn2)c1. The number of anilines is 1. The Morgan fingerprint density at radius 1 is 1.33 bits per heavy atom. The number of nitrogens with zero attached hydrogens (tertiary/aromatic N) is 2. The van der Waals surface area contributed by atoms with E-state index in [-0.39, 0.29) is 0 Å². The average Bonchev–Trinajstić information content (AvgIpc) is 2.37. The fourth-order valence-corrected chi connectivity index (χ4v) is 2.26. The molecule has 0 aliphatic carbocycles. The molecule has 2 rings (SSSR count). The molecule has 2 aromatic rings. The summed E-state index contributed by atoms with van der Waals surface area (Å²) in [5.41, 5.74) is 6.55. The zero-order valence-corrected chi connectivity index (χ0v) is 11.0. The van der Waals surface area contributed by atoms with Crippen LogP contribution in [0, 0.1) is 0 Å². The molecule has 0 saturated heterocycles. The highest BCUT2D eigenvalue weighted by molar-refractivity contribution is 7.99. The van der Waals surface area contributed by atoms with Crippen molar-refractivity contribution in [2.24, 2.45) is 0 Å². The molecule has 0 fully saturated rings. The number of nitrogens with two attached hydrogens (primary N) is 1. The molecule has 0 bridgehead atoms. The molecule has 0 unspecified atom stereocenters. The number of nitrogen functional groups attached to an aromatic ring is 1. The van der Waals surface area contributed by atoms with E-state index >= 15 is 0 Å². The van der Waals surface area contributed by atoms with Gasteiger partial charge >= 0.3 is 0 Å². The van der Waals surface area contributed by atoms with Crippen molar-refractivity contribution in [1.82, 2.24) is 9.97 Å². The zero-order chi connectivity index (χ0) is 12.8. The van der Waals surface area contributed by atoms with Gasteiger partial charge in [-0.3, -0.25) is 0 Å². The van der Waals surface area contributed by atoms with E-state index in [4.69, 9.17) is 10.5 Å². The first-order valence-corrected chi connectivity index (χ1v) is 6.57. The molecule has 1 aromatic heterocycles. The Hall–Kier alpha value is -1.75. The van der Waals surface area contributed by atoms with Crippen LogP contribution in [0.1, 0.15) is 13.3 Å². The highest BCUT2D eigenvalue weighted by Gasteiger charge is 2.03. The van der Waals surface area contributed by atoms with Crippen LogP contribution in [0.4, 0.5) is 5.69 Å². The van der Waals surface area contributed by atoms with E-state index in [1.54, 1.807) is 6.20 Å². The Kier molecular flexibility index (Phi) is 4.41. The van der Waals surface area contributed by atoms with E-state index in [0.29, 0.717) is 12.3 Å². The summed E-state index contributed by atoms with van der Waals surface area (Å²) in [5, 5.41) is 0.886. The third-order valence-electron chi connectivity index (χ3n) is 2.15. The Morgan fingerprint density at radius 2 is 2.22 bits per heavy atom. The van der Waals surface area contributed by atoms with E-state index in [1.807, 2.05) is 24.3 Å². The second kappa shape index (κ2) is 6.26. The maximum Gasteiger partial charge on any atom is 0.122 e. The van der Waals surface area contributed by atoms with Gasteiger partial charge in [0.25, 0.3) is 0 Å². The summed E-state index contributed by atoms with van der Waals surface area (Å²) in [7, 11) is 0. The first kappa shape index (κ1) is 12.7. The molecule has 0 aliphatic rings. The molecular weight excluding hydrogens is 246 g/mol. The first-order valence-electron chi connectivity index (χ1n) is 5.75. The van der Waals surface area contributed by atoms with Crippen LogP contribution in [0.5, 0.6) is 5.75 Å². The Bertz CT molecular complexity index is 505. The lowest BCUT2D eigenvalue weighted by molar-refractivity contribution is 0.317. The maximum absolute atomic E-state index is 5.86. The van der Waals surface area contributed by atoms with Gasteiger partial charge in [0.2, 0.25) is 0 Å². The first-order chi connectivity index (χ1) is 8.78. The lowest BCUT2D eigenvalue weighted by Gasteiger charge is -2.08. The van der Waals surface area contributed by atoms with Crippen LogP contribution in [0.2, 0.25) is 0 Å². The molecule has 94 valence electrons. The summed E-state index contributed by atoms with van der Waals surface area (Å²) in [6.07, 6.45) is 4.22. The summed E-state index contributed by atoms with van der Waals surface area (Å²) < 4.78 is 5.59. The standard InChI is InChI=1S/C13H15N3OS/c1-2-5-17-11-6-10(14)7-12(8-11)18-13-3-4-15-9-16-13/h3-4,6-9H,2,5,14H2,1H3. The Labute approximate surface area is 111 Å². The topological polar surface area (TPSA) is 61.0 Å². The van der Waals surface area contributed by atoms with E-state index in [0.717, 1.165) is 22.1 Å². The van der Waals surface area contributed by atoms with Crippen molar-refractivity contribution in [3.8, 4) is 5.75 Å². The van der Waals surface area contributed by atoms with Crippen LogP contribution >= 0.6 is 11.8 Å². The van der Waals surface area contributed by atoms with Crippen molar-refractivity contribution in [1.29, 1.82) is 0 Å². The number of hydrogen-bond acceptors (Lipinski definition) is 5. The summed E-state index contributed by atoms with van der Waals surface area (Å²) in [4.78, 5) is 9.07. The monoisotopic (exact) mass is 261 g/mol. The van der Waals surface area contributed by atoms with Gasteiger partial charge < -0.3 is 10.5 Å². The molecule has 0 saturated carbocycles. The number of hydrogen-bond donors (Lipinski definition) is 1. The van der Waals surface area contributed by atoms with Crippen LogP contribution < -0.4 is 10.5 Å². The van der Waals surface area contributed by atoms with Crippen molar-refractivity contribution in [3.05, 3.63) is 36.8 Å². The minimum atomic E-state index is 0.695. The lowest BCUT2D eigenvalue weighted by Crippen LogP contribution is -1.96. The van der Waals surface area contributed by atoms with Crippen molar-refractivity contribution in [2.45, 2.75) is 23.3 Å². The van der Waals surface area contributed by atoms with Gasteiger partial charge in [0.15, 0.2) is 0 Å². The van der Waals surface area contributed by atoms with Gasteiger partial charge in [-0.15, -0.1) is 0 Å². The van der Waals surface area contributed by atoms with Crippen LogP contribution in [-0.4, -0.2) is 16.6 Å². The lowest BCUT2D eigenvalue weighted by atomic mass is 10.3. The Morgan fingerprint density at radius 3 is 2.94 bits per heavy atom. The third kappa shape index (κ3) is 3.63. The van der Waals surface area contributed by atoms with Gasteiger partial charge in [0.1, 0.15) is 17.1 Å².